The van der Waals surface area contributed by atoms with Crippen molar-refractivity contribution in [1.29, 1.82) is 0 Å². The Kier molecular flexibility index (Phi) is 4.63. The molecule has 1 N–H and O–H groups in total. The summed E-state index contributed by atoms with van der Waals surface area (Å²) in [6.45, 7) is 7.74. The quantitative estimate of drug-likeness (QED) is 0.813. The zero-order chi connectivity index (χ0) is 15.5. The van der Waals surface area contributed by atoms with Crippen molar-refractivity contribution in [2.45, 2.75) is 26.5 Å². The molecule has 0 saturated heterocycles. The van der Waals surface area contributed by atoms with Crippen molar-refractivity contribution >= 4 is 12.4 Å². The van der Waals surface area contributed by atoms with Gasteiger partial charge >= 0.3 is 0 Å². The maximum absolute atomic E-state index is 11.9. The van der Waals surface area contributed by atoms with Crippen LogP contribution in [0.4, 0.5) is 0 Å². The van der Waals surface area contributed by atoms with Gasteiger partial charge in [0.2, 0.25) is 5.82 Å². The number of tetrazole rings is 1. The van der Waals surface area contributed by atoms with Gasteiger partial charge in [-0.1, -0.05) is 0 Å². The molecule has 0 saturated carbocycles. The van der Waals surface area contributed by atoms with E-state index in [1.54, 1.807) is 25.5 Å². The summed E-state index contributed by atoms with van der Waals surface area (Å²) in [5.41, 5.74) is 3.08. The number of hydrogen-bond acceptors (Lipinski definition) is 6. The molecule has 0 aliphatic carbocycles. The first-order chi connectivity index (χ1) is 9.86. The van der Waals surface area contributed by atoms with Gasteiger partial charge in [0.1, 0.15) is 12.9 Å². The lowest BCUT2D eigenvalue weighted by Gasteiger charge is -2.12. The van der Waals surface area contributed by atoms with Crippen LogP contribution in [0, 0.1) is 0 Å². The number of aromatic nitrogens is 4. The second kappa shape index (κ2) is 6.26. The Labute approximate surface area is 124 Å². The number of benzene rings is 1. The molecular weight excluding hydrogens is 289 g/mol. The van der Waals surface area contributed by atoms with Gasteiger partial charge in [-0.05, 0) is 61.9 Å². The zero-order valence-corrected chi connectivity index (χ0v) is 13.5. The second-order valence-electron chi connectivity index (χ2n) is 5.42. The van der Waals surface area contributed by atoms with Crippen LogP contribution in [0.2, 0.25) is 0 Å². The molecule has 114 valence electrons. The Morgan fingerprint density at radius 1 is 1.29 bits per heavy atom. The minimum atomic E-state index is -2.23. The van der Waals surface area contributed by atoms with E-state index in [-0.39, 0.29) is 12.6 Å². The SMILES string of the molecule is CC(C)Nn1nnnc1COc1ccc(P(C)(C)=O)cc1. The Morgan fingerprint density at radius 3 is 2.52 bits per heavy atom. The average molecular weight is 309 g/mol. The van der Waals surface area contributed by atoms with E-state index in [9.17, 15) is 4.57 Å². The van der Waals surface area contributed by atoms with E-state index < -0.39 is 7.14 Å². The first kappa shape index (κ1) is 15.5. The number of nitrogens with one attached hydrogen (secondary N) is 1. The van der Waals surface area contributed by atoms with Crippen molar-refractivity contribution in [2.24, 2.45) is 0 Å². The highest BCUT2D eigenvalue weighted by atomic mass is 31.2. The standard InChI is InChI=1S/C13H20N5O2P/c1-10(2)15-18-13(14-16-17-18)9-20-11-5-7-12(8-6-11)21(3,4)19/h5-8,10,15H,9H2,1-4H3. The van der Waals surface area contributed by atoms with Gasteiger partial charge in [0, 0.05) is 11.3 Å². The van der Waals surface area contributed by atoms with E-state index in [0.717, 1.165) is 5.30 Å². The molecule has 0 bridgehead atoms. The molecule has 8 heteroatoms. The lowest BCUT2D eigenvalue weighted by molar-refractivity contribution is 0.289. The van der Waals surface area contributed by atoms with Crippen molar-refractivity contribution in [2.75, 3.05) is 18.8 Å². The summed E-state index contributed by atoms with van der Waals surface area (Å²) in [6.07, 6.45) is 0. The van der Waals surface area contributed by atoms with E-state index in [1.807, 2.05) is 26.0 Å². The van der Waals surface area contributed by atoms with Crippen LogP contribution in [0.5, 0.6) is 5.75 Å². The summed E-state index contributed by atoms with van der Waals surface area (Å²) in [5.74, 6) is 1.27. The summed E-state index contributed by atoms with van der Waals surface area (Å²) < 4.78 is 17.6. The lowest BCUT2D eigenvalue weighted by atomic mass is 10.3. The van der Waals surface area contributed by atoms with Gasteiger partial charge < -0.3 is 14.7 Å². The Bertz CT molecular complexity index is 632. The minimum Gasteiger partial charge on any atom is -0.485 e. The van der Waals surface area contributed by atoms with Gasteiger partial charge in [-0.25, -0.2) is 0 Å². The Hall–Kier alpha value is -1.88. The molecule has 2 rings (SSSR count). The third kappa shape index (κ3) is 4.29. The summed E-state index contributed by atoms with van der Waals surface area (Å²) in [4.78, 5) is 1.51. The third-order valence-electron chi connectivity index (χ3n) is 2.74. The lowest BCUT2D eigenvalue weighted by Crippen LogP contribution is -2.26. The van der Waals surface area contributed by atoms with E-state index in [0.29, 0.717) is 11.6 Å². The first-order valence-corrected chi connectivity index (χ1v) is 9.28. The largest absolute Gasteiger partial charge is 0.485 e. The molecule has 1 aromatic heterocycles. The highest BCUT2D eigenvalue weighted by Crippen LogP contribution is 2.34. The van der Waals surface area contributed by atoms with Crippen LogP contribution in [0.15, 0.2) is 24.3 Å². The number of ether oxygens (including phenoxy) is 1. The number of hydrogen-bond donors (Lipinski definition) is 1. The fraction of sp³-hybridized carbons (Fsp3) is 0.462. The highest BCUT2D eigenvalue weighted by molar-refractivity contribution is 7.70. The molecule has 0 spiro atoms. The van der Waals surface area contributed by atoms with E-state index in [2.05, 4.69) is 21.0 Å². The van der Waals surface area contributed by atoms with E-state index in [4.69, 9.17) is 4.74 Å². The average Bonchev–Trinajstić information content (AvgIpc) is 2.82. The maximum atomic E-state index is 11.9. The summed E-state index contributed by atoms with van der Waals surface area (Å²) in [6, 6.07) is 7.48. The molecule has 0 radical (unpaired) electrons. The third-order valence-corrected chi connectivity index (χ3v) is 4.28. The van der Waals surface area contributed by atoms with Gasteiger partial charge in [-0.3, -0.25) is 0 Å². The first-order valence-electron chi connectivity index (χ1n) is 6.68. The van der Waals surface area contributed by atoms with Crippen molar-refractivity contribution in [3.8, 4) is 5.75 Å². The molecule has 0 unspecified atom stereocenters. The topological polar surface area (TPSA) is 81.9 Å². The fourth-order valence-corrected chi connectivity index (χ4v) is 2.56. The molecule has 21 heavy (non-hydrogen) atoms. The van der Waals surface area contributed by atoms with E-state index >= 15 is 0 Å². The monoisotopic (exact) mass is 309 g/mol. The van der Waals surface area contributed by atoms with Crippen LogP contribution in [0.25, 0.3) is 0 Å². The number of nitrogens with zero attached hydrogens (tertiary/aromatic N) is 4. The van der Waals surface area contributed by atoms with Gasteiger partial charge in [-0.2, -0.15) is 0 Å². The Balaban J connectivity index is 2.00. The molecule has 7 nitrogen and oxygen atoms in total. The number of rotatable bonds is 6. The van der Waals surface area contributed by atoms with Crippen LogP contribution in [0.3, 0.4) is 0 Å². The molecule has 2 aromatic rings. The van der Waals surface area contributed by atoms with Gasteiger partial charge in [0.25, 0.3) is 0 Å². The molecule has 1 aromatic carbocycles. The Morgan fingerprint density at radius 2 is 1.95 bits per heavy atom. The predicted molar refractivity (Wildman–Crippen MR) is 82.2 cm³/mol. The van der Waals surface area contributed by atoms with Gasteiger partial charge in [0.05, 0.1) is 0 Å². The summed E-state index contributed by atoms with van der Waals surface area (Å²) >= 11 is 0. The molecule has 0 aliphatic rings. The predicted octanol–water partition coefficient (Wildman–Crippen LogP) is 1.45. The highest BCUT2D eigenvalue weighted by Gasteiger charge is 2.11. The summed E-state index contributed by atoms with van der Waals surface area (Å²) in [5, 5.41) is 12.2. The minimum absolute atomic E-state index is 0.217. The fourth-order valence-electron chi connectivity index (χ4n) is 1.69. The van der Waals surface area contributed by atoms with Crippen LogP contribution in [-0.4, -0.2) is 39.7 Å². The van der Waals surface area contributed by atoms with Crippen LogP contribution < -0.4 is 15.5 Å². The molecule has 0 aliphatic heterocycles. The van der Waals surface area contributed by atoms with Crippen molar-refractivity contribution in [3.05, 3.63) is 30.1 Å². The summed E-state index contributed by atoms with van der Waals surface area (Å²) in [7, 11) is -2.23. The van der Waals surface area contributed by atoms with Crippen molar-refractivity contribution in [3.63, 3.8) is 0 Å². The van der Waals surface area contributed by atoms with Gasteiger partial charge in [0.15, 0.2) is 6.61 Å². The molecule has 0 amide bonds. The maximum Gasteiger partial charge on any atom is 0.211 e. The normalized spacial score (nSPS) is 11.7. The van der Waals surface area contributed by atoms with E-state index in [1.165, 1.54) is 4.79 Å². The molecule has 0 atom stereocenters. The second-order valence-corrected chi connectivity index (χ2v) is 8.64. The zero-order valence-electron chi connectivity index (χ0n) is 12.6. The molecule has 0 fully saturated rings. The van der Waals surface area contributed by atoms with Crippen LogP contribution >= 0.6 is 7.14 Å². The molecule has 1 heterocycles. The van der Waals surface area contributed by atoms with Crippen molar-refractivity contribution in [1.82, 2.24) is 20.3 Å². The van der Waals surface area contributed by atoms with Crippen molar-refractivity contribution < 1.29 is 9.30 Å². The smallest absolute Gasteiger partial charge is 0.211 e. The van der Waals surface area contributed by atoms with Gasteiger partial charge in [-0.15, -0.1) is 9.89 Å². The van der Waals surface area contributed by atoms with Crippen LogP contribution in [-0.2, 0) is 11.2 Å². The molecular formula is C13H20N5O2P. The van der Waals surface area contributed by atoms with Crippen LogP contribution in [0.1, 0.15) is 19.7 Å².